The van der Waals surface area contributed by atoms with E-state index < -0.39 is 0 Å². The van der Waals surface area contributed by atoms with Crippen LogP contribution in [-0.4, -0.2) is 37.3 Å². The summed E-state index contributed by atoms with van der Waals surface area (Å²) in [4.78, 5) is 19.2. The smallest absolute Gasteiger partial charge is 0.244 e. The van der Waals surface area contributed by atoms with Gasteiger partial charge in [0.25, 0.3) is 0 Å². The third-order valence-electron chi connectivity index (χ3n) is 4.45. The maximum absolute atomic E-state index is 12.8. The minimum atomic E-state index is -0.00175. The molecule has 0 saturated heterocycles. The predicted octanol–water partition coefficient (Wildman–Crippen LogP) is 3.03. The van der Waals surface area contributed by atoms with Crippen molar-refractivity contribution in [1.82, 2.24) is 24.9 Å². The number of fused-ring (bicyclic) bond motifs is 2. The Labute approximate surface area is 151 Å². The van der Waals surface area contributed by atoms with E-state index in [2.05, 4.69) is 15.3 Å². The molecule has 26 heavy (non-hydrogen) atoms. The number of nitrogens with zero attached hydrogens (tertiary/aromatic N) is 5. The van der Waals surface area contributed by atoms with Crippen LogP contribution in [0.4, 0.5) is 0 Å². The Morgan fingerprint density at radius 3 is 2.62 bits per heavy atom. The number of carbonyl (C=O) groups is 1. The van der Waals surface area contributed by atoms with Gasteiger partial charge in [0.1, 0.15) is 12.1 Å². The molecule has 0 aliphatic heterocycles. The van der Waals surface area contributed by atoms with Gasteiger partial charge < -0.3 is 4.90 Å². The van der Waals surface area contributed by atoms with Crippen molar-refractivity contribution in [3.05, 3.63) is 66.4 Å². The van der Waals surface area contributed by atoms with Gasteiger partial charge in [0.15, 0.2) is 0 Å². The number of aromatic nitrogens is 4. The first-order chi connectivity index (χ1) is 12.7. The lowest BCUT2D eigenvalue weighted by molar-refractivity contribution is -0.132. The zero-order valence-corrected chi connectivity index (χ0v) is 14.5. The van der Waals surface area contributed by atoms with E-state index >= 15 is 0 Å². The summed E-state index contributed by atoms with van der Waals surface area (Å²) >= 11 is 0. The second kappa shape index (κ2) is 6.92. The van der Waals surface area contributed by atoms with E-state index in [9.17, 15) is 4.79 Å². The van der Waals surface area contributed by atoms with Crippen LogP contribution in [0, 0.1) is 0 Å². The lowest BCUT2D eigenvalue weighted by Gasteiger charge is -2.20. The molecule has 2 aromatic carbocycles. The highest BCUT2D eigenvalue weighted by molar-refractivity contribution is 5.80. The molecular formula is C20H19N5O. The zero-order valence-electron chi connectivity index (χ0n) is 14.5. The zero-order chi connectivity index (χ0) is 17.9. The predicted molar refractivity (Wildman–Crippen MR) is 100 cm³/mol. The van der Waals surface area contributed by atoms with Crippen molar-refractivity contribution in [2.45, 2.75) is 20.0 Å². The fourth-order valence-electron chi connectivity index (χ4n) is 3.03. The van der Waals surface area contributed by atoms with Gasteiger partial charge in [0.2, 0.25) is 5.91 Å². The normalized spacial score (nSPS) is 11.1. The van der Waals surface area contributed by atoms with Crippen LogP contribution in [-0.2, 0) is 17.9 Å². The molecule has 0 bridgehead atoms. The molecule has 0 unspecified atom stereocenters. The van der Waals surface area contributed by atoms with Crippen LogP contribution >= 0.6 is 0 Å². The summed E-state index contributed by atoms with van der Waals surface area (Å²) in [6.45, 7) is 3.23. The number of rotatable bonds is 5. The van der Waals surface area contributed by atoms with Gasteiger partial charge in [-0.3, -0.25) is 9.78 Å². The maximum Gasteiger partial charge on any atom is 0.244 e. The monoisotopic (exact) mass is 345 g/mol. The van der Waals surface area contributed by atoms with E-state index in [1.54, 1.807) is 9.58 Å². The first kappa shape index (κ1) is 16.2. The Hall–Kier alpha value is -3.28. The number of carbonyl (C=O) groups excluding carboxylic acids is 1. The van der Waals surface area contributed by atoms with Crippen LogP contribution in [0.1, 0.15) is 12.6 Å². The molecule has 0 atom stereocenters. The largest absolute Gasteiger partial charge is 0.335 e. The number of benzene rings is 2. The van der Waals surface area contributed by atoms with E-state index in [4.69, 9.17) is 0 Å². The van der Waals surface area contributed by atoms with E-state index in [1.807, 2.05) is 67.6 Å². The molecule has 130 valence electrons. The molecule has 1 amide bonds. The third-order valence-corrected chi connectivity index (χ3v) is 4.45. The summed E-state index contributed by atoms with van der Waals surface area (Å²) in [6, 6.07) is 19.6. The highest BCUT2D eigenvalue weighted by Crippen LogP contribution is 2.14. The number of pyridine rings is 1. The van der Waals surface area contributed by atoms with Crippen molar-refractivity contribution in [2.75, 3.05) is 6.54 Å². The van der Waals surface area contributed by atoms with Gasteiger partial charge >= 0.3 is 0 Å². The summed E-state index contributed by atoms with van der Waals surface area (Å²) in [6.07, 6.45) is 0. The minimum absolute atomic E-state index is 0.00175. The molecule has 2 heterocycles. The Balaban J connectivity index is 1.53. The summed E-state index contributed by atoms with van der Waals surface area (Å²) in [5.74, 6) is -0.00175. The maximum atomic E-state index is 12.8. The lowest BCUT2D eigenvalue weighted by atomic mass is 10.2. The number of amides is 1. The molecule has 0 radical (unpaired) electrons. The highest BCUT2D eigenvalue weighted by atomic mass is 16.2. The van der Waals surface area contributed by atoms with Crippen LogP contribution in [0.25, 0.3) is 21.9 Å². The molecule has 6 nitrogen and oxygen atoms in total. The van der Waals surface area contributed by atoms with Crippen molar-refractivity contribution in [3.8, 4) is 0 Å². The molecule has 0 saturated carbocycles. The molecule has 0 aliphatic carbocycles. The molecular weight excluding hydrogens is 326 g/mol. The van der Waals surface area contributed by atoms with Crippen LogP contribution in [0.2, 0.25) is 0 Å². The van der Waals surface area contributed by atoms with Crippen LogP contribution in [0.5, 0.6) is 0 Å². The first-order valence-corrected chi connectivity index (χ1v) is 8.65. The SMILES string of the molecule is CCN(Cc1ccc2ccccc2n1)C(=O)Cn1nnc2ccccc21. The number of hydrogen-bond donors (Lipinski definition) is 0. The van der Waals surface area contributed by atoms with Gasteiger partial charge in [0, 0.05) is 11.9 Å². The van der Waals surface area contributed by atoms with Gasteiger partial charge in [-0.2, -0.15) is 0 Å². The molecule has 0 fully saturated rings. The van der Waals surface area contributed by atoms with E-state index in [-0.39, 0.29) is 12.5 Å². The van der Waals surface area contributed by atoms with Crippen LogP contribution in [0.15, 0.2) is 60.7 Å². The van der Waals surface area contributed by atoms with E-state index in [0.29, 0.717) is 13.1 Å². The Morgan fingerprint density at radius 1 is 1.00 bits per heavy atom. The molecule has 0 aliphatic rings. The van der Waals surface area contributed by atoms with Crippen LogP contribution in [0.3, 0.4) is 0 Å². The molecule has 4 rings (SSSR count). The van der Waals surface area contributed by atoms with Crippen molar-refractivity contribution >= 4 is 27.8 Å². The fraction of sp³-hybridized carbons (Fsp3) is 0.200. The second-order valence-electron chi connectivity index (χ2n) is 6.14. The van der Waals surface area contributed by atoms with E-state index in [1.165, 1.54) is 0 Å². The molecule has 4 aromatic rings. The summed E-state index contributed by atoms with van der Waals surface area (Å²) in [5.41, 5.74) is 3.47. The molecule has 0 spiro atoms. The fourth-order valence-corrected chi connectivity index (χ4v) is 3.03. The Kier molecular flexibility index (Phi) is 4.31. The Morgan fingerprint density at radius 2 is 1.77 bits per heavy atom. The van der Waals surface area contributed by atoms with Crippen molar-refractivity contribution in [3.63, 3.8) is 0 Å². The van der Waals surface area contributed by atoms with Crippen LogP contribution < -0.4 is 0 Å². The highest BCUT2D eigenvalue weighted by Gasteiger charge is 2.16. The van der Waals surface area contributed by atoms with Crippen molar-refractivity contribution in [2.24, 2.45) is 0 Å². The summed E-state index contributed by atoms with van der Waals surface area (Å²) in [7, 11) is 0. The Bertz CT molecular complexity index is 1070. The number of hydrogen-bond acceptors (Lipinski definition) is 4. The second-order valence-corrected chi connectivity index (χ2v) is 6.14. The standard InChI is InChI=1S/C20H19N5O/c1-2-24(13-16-12-11-15-7-3-4-8-17(15)21-16)20(26)14-25-19-10-6-5-9-18(19)22-23-25/h3-12H,2,13-14H2,1H3. The van der Waals surface area contributed by atoms with Crippen molar-refractivity contribution in [1.29, 1.82) is 0 Å². The van der Waals surface area contributed by atoms with Crippen molar-refractivity contribution < 1.29 is 4.79 Å². The molecule has 2 aromatic heterocycles. The molecule has 6 heteroatoms. The minimum Gasteiger partial charge on any atom is -0.335 e. The van der Waals surface area contributed by atoms with Gasteiger partial charge in [-0.15, -0.1) is 5.10 Å². The number of para-hydroxylation sites is 2. The van der Waals surface area contributed by atoms with Gasteiger partial charge in [-0.25, -0.2) is 4.68 Å². The topological polar surface area (TPSA) is 63.9 Å². The summed E-state index contributed by atoms with van der Waals surface area (Å²) < 4.78 is 1.65. The van der Waals surface area contributed by atoms with Gasteiger partial charge in [-0.05, 0) is 31.2 Å². The first-order valence-electron chi connectivity index (χ1n) is 8.65. The third kappa shape index (κ3) is 3.13. The molecule has 0 N–H and O–H groups in total. The lowest BCUT2D eigenvalue weighted by Crippen LogP contribution is -2.33. The number of likely N-dealkylation sites (N-methyl/N-ethyl adjacent to an activating group) is 1. The van der Waals surface area contributed by atoms with Gasteiger partial charge in [-0.1, -0.05) is 41.6 Å². The summed E-state index contributed by atoms with van der Waals surface area (Å²) in [5, 5.41) is 9.31. The average molecular weight is 345 g/mol. The quantitative estimate of drug-likeness (QED) is 0.558. The average Bonchev–Trinajstić information content (AvgIpc) is 3.09. The van der Waals surface area contributed by atoms with Gasteiger partial charge in [0.05, 0.1) is 23.3 Å². The van der Waals surface area contributed by atoms with E-state index in [0.717, 1.165) is 27.6 Å².